The van der Waals surface area contributed by atoms with Gasteiger partial charge in [-0.15, -0.1) is 0 Å². The van der Waals surface area contributed by atoms with Crippen molar-refractivity contribution in [2.45, 2.75) is 32.2 Å². The molecule has 1 rings (SSSR count). The van der Waals surface area contributed by atoms with E-state index in [2.05, 4.69) is 24.4 Å². The molecule has 4 heteroatoms. The van der Waals surface area contributed by atoms with E-state index in [9.17, 15) is 8.42 Å². The summed E-state index contributed by atoms with van der Waals surface area (Å²) < 4.78 is 22.1. The molecule has 102 valence electrons. The van der Waals surface area contributed by atoms with Crippen LogP contribution in [0, 0.1) is 0 Å². The summed E-state index contributed by atoms with van der Waals surface area (Å²) >= 11 is 0. The molecule has 1 aromatic carbocycles. The van der Waals surface area contributed by atoms with Crippen LogP contribution in [-0.4, -0.2) is 33.0 Å². The van der Waals surface area contributed by atoms with Gasteiger partial charge in [-0.1, -0.05) is 37.3 Å². The first-order valence-electron chi connectivity index (χ1n) is 6.34. The second kappa shape index (κ2) is 6.90. The molecule has 0 amide bonds. The molecule has 18 heavy (non-hydrogen) atoms. The maximum absolute atomic E-state index is 11.1. The van der Waals surface area contributed by atoms with Gasteiger partial charge in [0, 0.05) is 18.8 Å². The zero-order valence-corrected chi connectivity index (χ0v) is 12.2. The second-order valence-electron chi connectivity index (χ2n) is 5.04. The highest BCUT2D eigenvalue weighted by atomic mass is 32.2. The van der Waals surface area contributed by atoms with E-state index in [1.165, 1.54) is 11.8 Å². The van der Waals surface area contributed by atoms with Gasteiger partial charge in [-0.05, 0) is 24.8 Å². The molecule has 2 atom stereocenters. The van der Waals surface area contributed by atoms with Crippen molar-refractivity contribution in [2.75, 3.05) is 18.6 Å². The van der Waals surface area contributed by atoms with Crippen molar-refractivity contribution in [1.29, 1.82) is 0 Å². The lowest BCUT2D eigenvalue weighted by Gasteiger charge is -2.17. The number of benzene rings is 1. The number of rotatable bonds is 7. The Hall–Kier alpha value is -0.870. The van der Waals surface area contributed by atoms with Crippen molar-refractivity contribution in [1.82, 2.24) is 5.32 Å². The fourth-order valence-corrected chi connectivity index (χ4v) is 2.55. The minimum atomic E-state index is -2.85. The molecule has 0 aromatic heterocycles. The Labute approximate surface area is 111 Å². The van der Waals surface area contributed by atoms with E-state index in [0.717, 1.165) is 6.54 Å². The van der Waals surface area contributed by atoms with Crippen LogP contribution in [0.2, 0.25) is 0 Å². The van der Waals surface area contributed by atoms with Gasteiger partial charge in [-0.2, -0.15) is 0 Å². The highest BCUT2D eigenvalue weighted by Crippen LogP contribution is 2.13. The van der Waals surface area contributed by atoms with Crippen molar-refractivity contribution < 1.29 is 8.42 Å². The Morgan fingerprint density at radius 2 is 1.78 bits per heavy atom. The van der Waals surface area contributed by atoms with Crippen molar-refractivity contribution in [2.24, 2.45) is 0 Å². The summed E-state index contributed by atoms with van der Waals surface area (Å²) in [5.41, 5.74) is 1.31. The molecular weight excluding hydrogens is 246 g/mol. The molecule has 0 saturated carbocycles. The fourth-order valence-electron chi connectivity index (χ4n) is 1.77. The lowest BCUT2D eigenvalue weighted by molar-refractivity contribution is 0.504. The lowest BCUT2D eigenvalue weighted by Crippen LogP contribution is -2.31. The molecule has 0 bridgehead atoms. The smallest absolute Gasteiger partial charge is 0.147 e. The number of nitrogens with one attached hydrogen (secondary N) is 1. The summed E-state index contributed by atoms with van der Waals surface area (Å²) in [5.74, 6) is 0.688. The van der Waals surface area contributed by atoms with Crippen LogP contribution in [0.25, 0.3) is 0 Å². The van der Waals surface area contributed by atoms with Crippen molar-refractivity contribution in [3.63, 3.8) is 0 Å². The average molecular weight is 269 g/mol. The predicted molar refractivity (Wildman–Crippen MR) is 76.6 cm³/mol. The van der Waals surface area contributed by atoms with Gasteiger partial charge in [0.2, 0.25) is 0 Å². The zero-order valence-electron chi connectivity index (χ0n) is 11.4. The minimum absolute atomic E-state index is 0.228. The first kappa shape index (κ1) is 15.2. The largest absolute Gasteiger partial charge is 0.314 e. The normalized spacial score (nSPS) is 15.3. The van der Waals surface area contributed by atoms with E-state index in [4.69, 9.17) is 0 Å². The van der Waals surface area contributed by atoms with E-state index in [1.807, 2.05) is 25.1 Å². The molecule has 3 nitrogen and oxygen atoms in total. The van der Waals surface area contributed by atoms with Crippen molar-refractivity contribution in [3.8, 4) is 0 Å². The van der Waals surface area contributed by atoms with E-state index in [-0.39, 0.29) is 11.8 Å². The third-order valence-electron chi connectivity index (χ3n) is 3.06. The summed E-state index contributed by atoms with van der Waals surface area (Å²) in [4.78, 5) is 0. The molecule has 0 heterocycles. The highest BCUT2D eigenvalue weighted by molar-refractivity contribution is 7.90. The summed E-state index contributed by atoms with van der Waals surface area (Å²) in [5, 5.41) is 3.39. The van der Waals surface area contributed by atoms with Crippen molar-refractivity contribution in [3.05, 3.63) is 35.9 Å². The third kappa shape index (κ3) is 6.17. The van der Waals surface area contributed by atoms with Gasteiger partial charge in [0.1, 0.15) is 9.84 Å². The van der Waals surface area contributed by atoms with E-state index in [1.54, 1.807) is 0 Å². The Morgan fingerprint density at radius 3 is 2.33 bits per heavy atom. The van der Waals surface area contributed by atoms with Gasteiger partial charge in [-0.25, -0.2) is 8.42 Å². The summed E-state index contributed by atoms with van der Waals surface area (Å²) in [6.45, 7) is 5.07. The van der Waals surface area contributed by atoms with Gasteiger partial charge >= 0.3 is 0 Å². The van der Waals surface area contributed by atoms with Crippen molar-refractivity contribution >= 4 is 9.84 Å². The fraction of sp³-hybridized carbons (Fsp3) is 0.571. The molecule has 1 N–H and O–H groups in total. The second-order valence-corrected chi connectivity index (χ2v) is 7.30. The van der Waals surface area contributed by atoms with Gasteiger partial charge in [0.05, 0.1) is 5.75 Å². The molecule has 0 saturated heterocycles. The summed E-state index contributed by atoms with van der Waals surface area (Å²) in [6.07, 6.45) is 1.95. The van der Waals surface area contributed by atoms with Gasteiger partial charge in [-0.3, -0.25) is 0 Å². The number of sulfone groups is 1. The number of hydrogen-bond donors (Lipinski definition) is 1. The van der Waals surface area contributed by atoms with E-state index < -0.39 is 9.84 Å². The quantitative estimate of drug-likeness (QED) is 0.825. The molecule has 0 aliphatic carbocycles. The van der Waals surface area contributed by atoms with Crippen LogP contribution < -0.4 is 5.32 Å². The zero-order chi connectivity index (χ0) is 13.6. The van der Waals surface area contributed by atoms with Gasteiger partial charge in [0.25, 0.3) is 0 Å². The van der Waals surface area contributed by atoms with Gasteiger partial charge in [0.15, 0.2) is 0 Å². The SMILES string of the molecule is C[C@H](CCS(C)(=O)=O)NC[C@H](C)c1ccccc1. The highest BCUT2D eigenvalue weighted by Gasteiger charge is 2.10. The van der Waals surface area contributed by atoms with Crippen LogP contribution in [0.15, 0.2) is 30.3 Å². The van der Waals surface area contributed by atoms with Crippen LogP contribution in [0.1, 0.15) is 31.7 Å². The van der Waals surface area contributed by atoms with Gasteiger partial charge < -0.3 is 5.32 Å². The van der Waals surface area contributed by atoms with Crippen LogP contribution in [0.4, 0.5) is 0 Å². The molecule has 0 unspecified atom stereocenters. The monoisotopic (exact) mass is 269 g/mol. The third-order valence-corrected chi connectivity index (χ3v) is 4.04. The first-order valence-corrected chi connectivity index (χ1v) is 8.40. The molecular formula is C14H23NO2S. The average Bonchev–Trinajstić information content (AvgIpc) is 2.33. The molecule has 0 aliphatic rings. The van der Waals surface area contributed by atoms with E-state index in [0.29, 0.717) is 12.3 Å². The first-order chi connectivity index (χ1) is 8.38. The molecule has 0 aliphatic heterocycles. The topological polar surface area (TPSA) is 46.2 Å². The Morgan fingerprint density at radius 1 is 1.17 bits per heavy atom. The molecule has 0 fully saturated rings. The maximum atomic E-state index is 11.1. The molecule has 1 aromatic rings. The maximum Gasteiger partial charge on any atom is 0.147 e. The van der Waals surface area contributed by atoms with Crippen LogP contribution in [-0.2, 0) is 9.84 Å². The molecule has 0 radical (unpaired) electrons. The predicted octanol–water partition coefficient (Wildman–Crippen LogP) is 2.20. The minimum Gasteiger partial charge on any atom is -0.314 e. The Bertz CT molecular complexity index is 442. The standard InChI is InChI=1S/C14H23NO2S/c1-12(14-7-5-4-6-8-14)11-15-13(2)9-10-18(3,16)17/h4-8,12-13,15H,9-11H2,1-3H3/t12-,13+/m0/s1. The van der Waals surface area contributed by atoms with E-state index >= 15 is 0 Å². The summed E-state index contributed by atoms with van der Waals surface area (Å²) in [7, 11) is -2.85. The lowest BCUT2D eigenvalue weighted by atomic mass is 10.0. The Balaban J connectivity index is 2.32. The van der Waals surface area contributed by atoms with Crippen LogP contribution in [0.3, 0.4) is 0 Å². The molecule has 0 spiro atoms. The number of hydrogen-bond acceptors (Lipinski definition) is 3. The van der Waals surface area contributed by atoms with Crippen LogP contribution in [0.5, 0.6) is 0 Å². The Kier molecular flexibility index (Phi) is 5.82. The summed E-state index contributed by atoms with van der Waals surface area (Å²) in [6, 6.07) is 10.6. The van der Waals surface area contributed by atoms with Crippen LogP contribution >= 0.6 is 0 Å².